The number of hydrogen-bond donors (Lipinski definition) is 1. The first-order chi connectivity index (χ1) is 11.6. The number of para-hydroxylation sites is 1. The van der Waals surface area contributed by atoms with Gasteiger partial charge < -0.3 is 14.8 Å². The lowest BCUT2D eigenvalue weighted by molar-refractivity contribution is -0.119. The van der Waals surface area contributed by atoms with Gasteiger partial charge in [0.15, 0.2) is 6.61 Å². The van der Waals surface area contributed by atoms with Crippen LogP contribution in [-0.4, -0.2) is 25.1 Å². The summed E-state index contributed by atoms with van der Waals surface area (Å²) in [5.74, 6) is -0.530. The second kappa shape index (κ2) is 8.72. The van der Waals surface area contributed by atoms with E-state index in [2.05, 4.69) is 12.2 Å². The fourth-order valence-corrected chi connectivity index (χ4v) is 2.15. The molecule has 2 rings (SSSR count). The van der Waals surface area contributed by atoms with Crippen molar-refractivity contribution in [2.24, 2.45) is 0 Å². The summed E-state index contributed by atoms with van der Waals surface area (Å²) in [6.45, 7) is 3.99. The van der Waals surface area contributed by atoms with Gasteiger partial charge in [-0.15, -0.1) is 0 Å². The maximum Gasteiger partial charge on any atom is 0.342 e. The summed E-state index contributed by atoms with van der Waals surface area (Å²) < 4.78 is 10.4. The first-order valence-electron chi connectivity index (χ1n) is 7.91. The number of anilines is 1. The highest BCUT2D eigenvalue weighted by Crippen LogP contribution is 2.19. The van der Waals surface area contributed by atoms with Crippen molar-refractivity contribution in [2.75, 3.05) is 18.5 Å². The highest BCUT2D eigenvalue weighted by Gasteiger charge is 2.15. The molecule has 0 saturated carbocycles. The topological polar surface area (TPSA) is 64.6 Å². The van der Waals surface area contributed by atoms with Gasteiger partial charge in [0.05, 0.1) is 6.61 Å². The fraction of sp³-hybridized carbons (Fsp3) is 0.263. The van der Waals surface area contributed by atoms with Gasteiger partial charge in [-0.1, -0.05) is 31.2 Å². The van der Waals surface area contributed by atoms with Crippen molar-refractivity contribution in [1.82, 2.24) is 0 Å². The molecule has 0 radical (unpaired) electrons. The van der Waals surface area contributed by atoms with E-state index in [9.17, 15) is 9.59 Å². The van der Waals surface area contributed by atoms with Crippen LogP contribution in [0.1, 0.15) is 29.8 Å². The maximum absolute atomic E-state index is 12.1. The zero-order valence-corrected chi connectivity index (χ0v) is 13.9. The normalized spacial score (nSPS) is 10.1. The average molecular weight is 327 g/mol. The summed E-state index contributed by atoms with van der Waals surface area (Å²) >= 11 is 0. The number of nitrogens with one attached hydrogen (secondary N) is 1. The van der Waals surface area contributed by atoms with E-state index in [1.54, 1.807) is 24.3 Å². The molecule has 0 unspecified atom stereocenters. The zero-order valence-electron chi connectivity index (χ0n) is 13.9. The van der Waals surface area contributed by atoms with Crippen LogP contribution in [-0.2, 0) is 16.0 Å². The molecule has 126 valence electrons. The summed E-state index contributed by atoms with van der Waals surface area (Å²) in [7, 11) is 0. The molecule has 1 amide bonds. The molecule has 5 nitrogen and oxygen atoms in total. The summed E-state index contributed by atoms with van der Waals surface area (Å²) in [4.78, 5) is 24.0. The number of esters is 1. The molecular formula is C19H21NO4. The van der Waals surface area contributed by atoms with E-state index in [0.29, 0.717) is 23.6 Å². The Balaban J connectivity index is 1.90. The van der Waals surface area contributed by atoms with Crippen molar-refractivity contribution in [3.8, 4) is 5.75 Å². The van der Waals surface area contributed by atoms with Gasteiger partial charge in [0, 0.05) is 5.69 Å². The van der Waals surface area contributed by atoms with Crippen LogP contribution in [0.3, 0.4) is 0 Å². The van der Waals surface area contributed by atoms with Gasteiger partial charge in [-0.25, -0.2) is 4.79 Å². The summed E-state index contributed by atoms with van der Waals surface area (Å²) in [5, 5.41) is 2.69. The first kappa shape index (κ1) is 17.5. The predicted octanol–water partition coefficient (Wildman–Crippen LogP) is 3.44. The van der Waals surface area contributed by atoms with Crippen molar-refractivity contribution >= 4 is 17.6 Å². The molecule has 0 aliphatic carbocycles. The number of amides is 1. The van der Waals surface area contributed by atoms with Crippen LogP contribution in [0.2, 0.25) is 0 Å². The Hall–Kier alpha value is -2.82. The Morgan fingerprint density at radius 3 is 2.38 bits per heavy atom. The van der Waals surface area contributed by atoms with Crippen LogP contribution < -0.4 is 10.1 Å². The van der Waals surface area contributed by atoms with E-state index in [-0.39, 0.29) is 12.5 Å². The summed E-state index contributed by atoms with van der Waals surface area (Å²) in [5.41, 5.74) is 2.16. The third-order valence-corrected chi connectivity index (χ3v) is 3.39. The lowest BCUT2D eigenvalue weighted by atomic mass is 10.1. The first-order valence-corrected chi connectivity index (χ1v) is 7.91. The fourth-order valence-electron chi connectivity index (χ4n) is 2.15. The largest absolute Gasteiger partial charge is 0.493 e. The van der Waals surface area contributed by atoms with Crippen molar-refractivity contribution < 1.29 is 19.1 Å². The number of ether oxygens (including phenoxy) is 2. The number of rotatable bonds is 7. The monoisotopic (exact) mass is 327 g/mol. The molecule has 0 saturated heterocycles. The minimum atomic E-state index is -0.587. The Morgan fingerprint density at radius 1 is 1.00 bits per heavy atom. The number of carbonyl (C=O) groups excluding carboxylic acids is 2. The van der Waals surface area contributed by atoms with Crippen LogP contribution in [0.15, 0.2) is 48.5 Å². The maximum atomic E-state index is 12.1. The quantitative estimate of drug-likeness (QED) is 0.791. The second-order valence-electron chi connectivity index (χ2n) is 5.10. The molecule has 5 heteroatoms. The molecule has 0 spiro atoms. The standard InChI is InChI=1S/C19H21NO4/c1-3-14-9-11-15(12-10-14)20-18(21)13-24-19(22)16-7-5-6-8-17(16)23-4-2/h5-12H,3-4,13H2,1-2H3,(H,20,21). The molecule has 2 aromatic rings. The Bertz CT molecular complexity index is 695. The molecule has 1 N–H and O–H groups in total. The van der Waals surface area contributed by atoms with Gasteiger partial charge in [0.1, 0.15) is 11.3 Å². The minimum absolute atomic E-state index is 0.305. The Kier molecular flexibility index (Phi) is 6.37. The molecule has 0 heterocycles. The molecule has 0 atom stereocenters. The second-order valence-corrected chi connectivity index (χ2v) is 5.10. The third-order valence-electron chi connectivity index (χ3n) is 3.39. The van der Waals surface area contributed by atoms with Gasteiger partial charge in [-0.05, 0) is 43.2 Å². The van der Waals surface area contributed by atoms with E-state index in [1.165, 1.54) is 5.56 Å². The number of hydrogen-bond acceptors (Lipinski definition) is 4. The van der Waals surface area contributed by atoms with Gasteiger partial charge in [0.25, 0.3) is 5.91 Å². The van der Waals surface area contributed by atoms with E-state index in [1.807, 2.05) is 31.2 Å². The van der Waals surface area contributed by atoms with Crippen LogP contribution in [0.4, 0.5) is 5.69 Å². The Labute approximate surface area is 141 Å². The third kappa shape index (κ3) is 4.84. The molecule has 0 fully saturated rings. The number of aryl methyl sites for hydroxylation is 1. The van der Waals surface area contributed by atoms with Gasteiger partial charge >= 0.3 is 5.97 Å². The molecule has 0 aliphatic heterocycles. The lowest BCUT2D eigenvalue weighted by Gasteiger charge is -2.10. The minimum Gasteiger partial charge on any atom is -0.493 e. The van der Waals surface area contributed by atoms with E-state index >= 15 is 0 Å². The highest BCUT2D eigenvalue weighted by molar-refractivity contribution is 5.96. The highest BCUT2D eigenvalue weighted by atomic mass is 16.5. The predicted molar refractivity (Wildman–Crippen MR) is 92.3 cm³/mol. The van der Waals surface area contributed by atoms with E-state index in [4.69, 9.17) is 9.47 Å². The van der Waals surface area contributed by atoms with Crippen LogP contribution in [0.5, 0.6) is 5.75 Å². The van der Waals surface area contributed by atoms with Crippen molar-refractivity contribution in [3.05, 3.63) is 59.7 Å². The van der Waals surface area contributed by atoms with Gasteiger partial charge in [-0.2, -0.15) is 0 Å². The van der Waals surface area contributed by atoms with E-state index < -0.39 is 5.97 Å². The lowest BCUT2D eigenvalue weighted by Crippen LogP contribution is -2.21. The number of carbonyl (C=O) groups is 2. The molecular weight excluding hydrogens is 306 g/mol. The van der Waals surface area contributed by atoms with Crippen LogP contribution in [0.25, 0.3) is 0 Å². The molecule has 2 aromatic carbocycles. The molecule has 0 bridgehead atoms. The summed E-state index contributed by atoms with van der Waals surface area (Å²) in [6, 6.07) is 14.3. The molecule has 24 heavy (non-hydrogen) atoms. The average Bonchev–Trinajstić information content (AvgIpc) is 2.61. The van der Waals surface area contributed by atoms with Crippen molar-refractivity contribution in [3.63, 3.8) is 0 Å². The molecule has 0 aliphatic rings. The van der Waals surface area contributed by atoms with Crippen LogP contribution >= 0.6 is 0 Å². The van der Waals surface area contributed by atoms with Gasteiger partial charge in [-0.3, -0.25) is 4.79 Å². The smallest absolute Gasteiger partial charge is 0.342 e. The SMILES string of the molecule is CCOc1ccccc1C(=O)OCC(=O)Nc1ccc(CC)cc1. The number of benzene rings is 2. The summed E-state index contributed by atoms with van der Waals surface area (Å²) in [6.07, 6.45) is 0.936. The Morgan fingerprint density at radius 2 is 1.71 bits per heavy atom. The van der Waals surface area contributed by atoms with Crippen LogP contribution in [0, 0.1) is 0 Å². The van der Waals surface area contributed by atoms with Gasteiger partial charge in [0.2, 0.25) is 0 Å². The van der Waals surface area contributed by atoms with Crippen molar-refractivity contribution in [2.45, 2.75) is 20.3 Å². The van der Waals surface area contributed by atoms with E-state index in [0.717, 1.165) is 6.42 Å². The zero-order chi connectivity index (χ0) is 17.4. The van der Waals surface area contributed by atoms with Crippen molar-refractivity contribution in [1.29, 1.82) is 0 Å². The molecule has 0 aromatic heterocycles.